The number of thioether (sulfide) groups is 1. The molecule has 0 aliphatic carbocycles. The molecular weight excluding hydrogens is 359 g/mol. The quantitative estimate of drug-likeness (QED) is 0.749. The average Bonchev–Trinajstić information content (AvgIpc) is 2.74. The fourth-order valence-corrected chi connectivity index (χ4v) is 5.88. The van der Waals surface area contributed by atoms with E-state index in [4.69, 9.17) is 0 Å². The number of nitrogens with one attached hydrogen (secondary N) is 1. The van der Waals surface area contributed by atoms with Gasteiger partial charge in [0, 0.05) is 4.75 Å². The van der Waals surface area contributed by atoms with Crippen LogP contribution in [0.3, 0.4) is 0 Å². The molecular formula is C14H15FN2O5S2. The third-order valence-corrected chi connectivity index (χ3v) is 7.11. The van der Waals surface area contributed by atoms with E-state index in [1.165, 1.54) is 16.7 Å². The smallest absolute Gasteiger partial charge is 0.327 e. The molecule has 130 valence electrons. The standard InChI is InChI=1S/C14H15FN2O5S2/c1-14(2)10(13(19)20)17-11(18)9(12(17)23-14)16-24(21,22)8-5-3-7(15)4-6-8/h3-6,9-10,12,16H,1-2H3,(H,19,20)/t9-,10+,12-/m1/s1. The van der Waals surface area contributed by atoms with E-state index in [1.807, 2.05) is 0 Å². The van der Waals surface area contributed by atoms with Crippen LogP contribution in [0.1, 0.15) is 13.8 Å². The molecule has 2 aliphatic rings. The molecule has 1 aromatic carbocycles. The summed E-state index contributed by atoms with van der Waals surface area (Å²) in [6.45, 7) is 3.40. The molecule has 10 heteroatoms. The van der Waals surface area contributed by atoms with Crippen molar-refractivity contribution in [3.05, 3.63) is 30.1 Å². The van der Waals surface area contributed by atoms with E-state index >= 15 is 0 Å². The molecule has 3 rings (SSSR count). The fraction of sp³-hybridized carbons (Fsp3) is 0.429. The SMILES string of the molecule is CC1(C)S[C@@H]2[C@H](NS(=O)(=O)c3ccc(F)cc3)C(=O)N2[C@H]1C(=O)O. The summed E-state index contributed by atoms with van der Waals surface area (Å²) in [6, 6.07) is 2.18. The van der Waals surface area contributed by atoms with Gasteiger partial charge in [0.1, 0.15) is 23.3 Å². The average molecular weight is 374 g/mol. The van der Waals surface area contributed by atoms with Gasteiger partial charge in [-0.2, -0.15) is 4.72 Å². The minimum Gasteiger partial charge on any atom is -0.480 e. The molecule has 2 fully saturated rings. The Kier molecular flexibility index (Phi) is 3.89. The van der Waals surface area contributed by atoms with Gasteiger partial charge in [-0.15, -0.1) is 11.8 Å². The first-order valence-electron chi connectivity index (χ1n) is 7.05. The molecule has 3 atom stereocenters. The van der Waals surface area contributed by atoms with Crippen molar-refractivity contribution in [1.82, 2.24) is 9.62 Å². The van der Waals surface area contributed by atoms with Crippen LogP contribution in [0.4, 0.5) is 4.39 Å². The highest BCUT2D eigenvalue weighted by molar-refractivity contribution is 8.01. The van der Waals surface area contributed by atoms with Crippen molar-refractivity contribution >= 4 is 33.7 Å². The molecule has 0 spiro atoms. The van der Waals surface area contributed by atoms with Crippen molar-refractivity contribution in [2.24, 2.45) is 0 Å². The van der Waals surface area contributed by atoms with Crippen molar-refractivity contribution in [3.8, 4) is 0 Å². The fourth-order valence-electron chi connectivity index (χ4n) is 2.97. The van der Waals surface area contributed by atoms with Crippen LogP contribution in [0.5, 0.6) is 0 Å². The molecule has 0 radical (unpaired) electrons. The first kappa shape index (κ1) is 17.2. The predicted octanol–water partition coefficient (Wildman–Crippen LogP) is 0.620. The zero-order valence-corrected chi connectivity index (χ0v) is 14.4. The number of carboxylic acids is 1. The van der Waals surface area contributed by atoms with Gasteiger partial charge in [0.15, 0.2) is 0 Å². The van der Waals surface area contributed by atoms with Crippen LogP contribution in [0.15, 0.2) is 29.2 Å². The van der Waals surface area contributed by atoms with Crippen LogP contribution in [0.25, 0.3) is 0 Å². The summed E-state index contributed by atoms with van der Waals surface area (Å²) in [7, 11) is -4.01. The van der Waals surface area contributed by atoms with Crippen molar-refractivity contribution < 1.29 is 27.5 Å². The van der Waals surface area contributed by atoms with Gasteiger partial charge in [-0.3, -0.25) is 4.79 Å². The Hall–Kier alpha value is -1.65. The number of β-lactam (4-membered cyclic amide) rings is 1. The first-order chi connectivity index (χ1) is 11.0. The maximum absolute atomic E-state index is 12.9. The van der Waals surface area contributed by atoms with Gasteiger partial charge < -0.3 is 10.0 Å². The van der Waals surface area contributed by atoms with Gasteiger partial charge in [0.25, 0.3) is 0 Å². The Morgan fingerprint density at radius 1 is 1.33 bits per heavy atom. The normalized spacial score (nSPS) is 28.4. The molecule has 0 aromatic heterocycles. The number of sulfonamides is 1. The maximum Gasteiger partial charge on any atom is 0.327 e. The van der Waals surface area contributed by atoms with Crippen LogP contribution in [-0.2, 0) is 19.6 Å². The van der Waals surface area contributed by atoms with E-state index in [0.29, 0.717) is 0 Å². The zero-order chi connectivity index (χ0) is 17.9. The molecule has 0 unspecified atom stereocenters. The Labute approximate surface area is 142 Å². The van der Waals surface area contributed by atoms with E-state index in [-0.39, 0.29) is 4.90 Å². The van der Waals surface area contributed by atoms with Gasteiger partial charge in [-0.05, 0) is 38.1 Å². The summed E-state index contributed by atoms with van der Waals surface area (Å²) in [5.41, 5.74) is 0. The summed E-state index contributed by atoms with van der Waals surface area (Å²) in [6.07, 6.45) is 0. The van der Waals surface area contributed by atoms with Gasteiger partial charge in [-0.1, -0.05) is 0 Å². The third kappa shape index (κ3) is 2.58. The minimum absolute atomic E-state index is 0.160. The van der Waals surface area contributed by atoms with E-state index in [0.717, 1.165) is 24.3 Å². The second-order valence-corrected chi connectivity index (χ2v) is 9.64. The van der Waals surface area contributed by atoms with Crippen molar-refractivity contribution in [2.45, 2.75) is 40.9 Å². The zero-order valence-electron chi connectivity index (χ0n) is 12.8. The molecule has 1 aromatic rings. The van der Waals surface area contributed by atoms with Crippen LogP contribution >= 0.6 is 11.8 Å². The molecule has 2 heterocycles. The van der Waals surface area contributed by atoms with Crippen LogP contribution in [0, 0.1) is 5.82 Å². The largest absolute Gasteiger partial charge is 0.480 e. The summed E-state index contributed by atoms with van der Waals surface area (Å²) < 4.78 is 39.1. The van der Waals surface area contributed by atoms with Crippen LogP contribution < -0.4 is 4.72 Å². The molecule has 2 saturated heterocycles. The number of carboxylic acid groups (broad SMARTS) is 1. The van der Waals surface area contributed by atoms with Gasteiger partial charge >= 0.3 is 5.97 Å². The van der Waals surface area contributed by atoms with E-state index < -0.39 is 49.9 Å². The Balaban J connectivity index is 1.82. The first-order valence-corrected chi connectivity index (χ1v) is 9.41. The van der Waals surface area contributed by atoms with E-state index in [9.17, 15) is 27.5 Å². The molecule has 0 bridgehead atoms. The summed E-state index contributed by atoms with van der Waals surface area (Å²) >= 11 is 1.24. The molecule has 2 aliphatic heterocycles. The van der Waals surface area contributed by atoms with Gasteiger partial charge in [-0.25, -0.2) is 17.6 Å². The van der Waals surface area contributed by atoms with Crippen molar-refractivity contribution in [2.75, 3.05) is 0 Å². The number of benzene rings is 1. The highest BCUT2D eigenvalue weighted by Gasteiger charge is 2.64. The predicted molar refractivity (Wildman–Crippen MR) is 84.2 cm³/mol. The van der Waals surface area contributed by atoms with Gasteiger partial charge in [0.2, 0.25) is 15.9 Å². The van der Waals surface area contributed by atoms with Crippen molar-refractivity contribution in [1.29, 1.82) is 0 Å². The molecule has 0 saturated carbocycles. The lowest BCUT2D eigenvalue weighted by Crippen LogP contribution is -2.70. The number of rotatable bonds is 4. The number of carbonyl (C=O) groups is 2. The number of hydrogen-bond donors (Lipinski definition) is 2. The minimum atomic E-state index is -4.01. The summed E-state index contributed by atoms with van der Waals surface area (Å²) in [5, 5.41) is 8.75. The number of fused-ring (bicyclic) bond motifs is 1. The Morgan fingerprint density at radius 3 is 2.46 bits per heavy atom. The van der Waals surface area contributed by atoms with Crippen LogP contribution in [0.2, 0.25) is 0 Å². The van der Waals surface area contributed by atoms with Crippen LogP contribution in [-0.4, -0.2) is 52.5 Å². The number of aliphatic carboxylic acids is 1. The van der Waals surface area contributed by atoms with E-state index in [2.05, 4.69) is 4.72 Å². The third-order valence-electron chi connectivity index (χ3n) is 4.08. The summed E-state index contributed by atoms with van der Waals surface area (Å²) in [5.74, 6) is -2.27. The molecule has 7 nitrogen and oxygen atoms in total. The van der Waals surface area contributed by atoms with Gasteiger partial charge in [0.05, 0.1) is 4.90 Å². The monoisotopic (exact) mass is 374 g/mol. The number of carbonyl (C=O) groups excluding carboxylic acids is 1. The number of amides is 1. The number of nitrogens with zero attached hydrogens (tertiary/aromatic N) is 1. The summed E-state index contributed by atoms with van der Waals surface area (Å²) in [4.78, 5) is 24.7. The number of halogens is 1. The van der Waals surface area contributed by atoms with Crippen molar-refractivity contribution in [3.63, 3.8) is 0 Å². The second-order valence-electron chi connectivity index (χ2n) is 6.15. The second kappa shape index (κ2) is 5.43. The number of hydrogen-bond acceptors (Lipinski definition) is 5. The molecule has 1 amide bonds. The molecule has 24 heavy (non-hydrogen) atoms. The topological polar surface area (TPSA) is 104 Å². The lowest BCUT2D eigenvalue weighted by atomic mass is 9.96. The maximum atomic E-state index is 12.9. The Morgan fingerprint density at radius 2 is 1.92 bits per heavy atom. The van der Waals surface area contributed by atoms with E-state index in [1.54, 1.807) is 13.8 Å². The highest BCUT2D eigenvalue weighted by Crippen LogP contribution is 2.50. The molecule has 2 N–H and O–H groups in total. The highest BCUT2D eigenvalue weighted by atomic mass is 32.2. The lowest BCUT2D eigenvalue weighted by molar-refractivity contribution is -0.159. The Bertz CT molecular complexity index is 809. The lowest BCUT2D eigenvalue weighted by Gasteiger charge is -2.43.